The highest BCUT2D eigenvalue weighted by Crippen LogP contribution is 2.59. The van der Waals surface area contributed by atoms with Crippen LogP contribution in [0.4, 0.5) is 0 Å². The second-order valence-corrected chi connectivity index (χ2v) is 4.06. The molecule has 1 aliphatic heterocycles. The van der Waals surface area contributed by atoms with E-state index < -0.39 is 0 Å². The van der Waals surface area contributed by atoms with Gasteiger partial charge in [-0.3, -0.25) is 4.79 Å². The van der Waals surface area contributed by atoms with E-state index in [2.05, 4.69) is 11.3 Å². The SMILES string of the molecule is O=C(N[B]I)C1=CC23OC2C=CC13. The number of hydrogen-bond donors (Lipinski definition) is 1. The maximum Gasteiger partial charge on any atom is 0.331 e. The first-order chi connectivity index (χ1) is 6.28. The van der Waals surface area contributed by atoms with Crippen LogP contribution in [0.15, 0.2) is 23.8 Å². The molecule has 5 heteroatoms. The number of carbonyl (C=O) groups excluding carboxylic acids is 1. The Labute approximate surface area is 89.7 Å². The quantitative estimate of drug-likeness (QED) is 0.344. The van der Waals surface area contributed by atoms with E-state index in [-0.39, 0.29) is 23.5 Å². The van der Waals surface area contributed by atoms with Gasteiger partial charge in [0, 0.05) is 11.5 Å². The van der Waals surface area contributed by atoms with Gasteiger partial charge < -0.3 is 9.96 Å². The largest absolute Gasteiger partial charge is 0.389 e. The van der Waals surface area contributed by atoms with Crippen molar-refractivity contribution >= 4 is 33.6 Å². The summed E-state index contributed by atoms with van der Waals surface area (Å²) in [6.07, 6.45) is 6.29. The molecule has 1 amide bonds. The Bertz CT molecular complexity index is 354. The number of rotatable bonds is 2. The first-order valence-electron chi connectivity index (χ1n) is 4.09. The number of ether oxygens (including phenoxy) is 1. The first-order valence-corrected chi connectivity index (χ1v) is 5.34. The van der Waals surface area contributed by atoms with Crippen molar-refractivity contribution in [1.29, 1.82) is 0 Å². The number of nitrogens with one attached hydrogen (secondary N) is 1. The van der Waals surface area contributed by atoms with Crippen LogP contribution in [0, 0.1) is 5.92 Å². The molecule has 0 aromatic heterocycles. The van der Waals surface area contributed by atoms with E-state index in [0.29, 0.717) is 0 Å². The van der Waals surface area contributed by atoms with Crippen molar-refractivity contribution in [2.45, 2.75) is 11.7 Å². The molecule has 0 saturated carbocycles. The molecule has 2 aliphatic carbocycles. The molecular weight excluding hydrogens is 280 g/mol. The van der Waals surface area contributed by atoms with E-state index in [1.54, 1.807) is 5.27 Å². The second-order valence-electron chi connectivity index (χ2n) is 3.44. The average Bonchev–Trinajstić information content (AvgIpc) is 2.72. The van der Waals surface area contributed by atoms with Crippen molar-refractivity contribution in [2.24, 2.45) is 5.92 Å². The fourth-order valence-electron chi connectivity index (χ4n) is 2.12. The predicted octanol–water partition coefficient (Wildman–Crippen LogP) is 0.335. The Morgan fingerprint density at radius 3 is 3.15 bits per heavy atom. The Morgan fingerprint density at radius 1 is 1.69 bits per heavy atom. The van der Waals surface area contributed by atoms with Gasteiger partial charge in [0.1, 0.15) is 11.7 Å². The molecule has 13 heavy (non-hydrogen) atoms. The Hall–Kier alpha value is -0.295. The summed E-state index contributed by atoms with van der Waals surface area (Å²) in [4.78, 5) is 11.4. The number of halogens is 1. The molecule has 1 radical (unpaired) electrons. The van der Waals surface area contributed by atoms with Crippen molar-refractivity contribution in [3.63, 3.8) is 0 Å². The Kier molecular flexibility index (Phi) is 1.48. The molecule has 0 aromatic rings. The third kappa shape index (κ3) is 0.865. The van der Waals surface area contributed by atoms with Gasteiger partial charge in [0.15, 0.2) is 0 Å². The van der Waals surface area contributed by atoms with Gasteiger partial charge in [0.25, 0.3) is 0 Å². The van der Waals surface area contributed by atoms with Crippen molar-refractivity contribution in [1.82, 2.24) is 5.23 Å². The molecule has 3 unspecified atom stereocenters. The molecule has 3 aliphatic rings. The minimum atomic E-state index is -0.0993. The minimum absolute atomic E-state index is 0.00850. The molecule has 0 bridgehead atoms. The molecule has 3 nitrogen and oxygen atoms in total. The van der Waals surface area contributed by atoms with Gasteiger partial charge in [-0.15, -0.1) is 22.4 Å². The topological polar surface area (TPSA) is 41.6 Å². The van der Waals surface area contributed by atoms with Crippen molar-refractivity contribution in [3.8, 4) is 0 Å². The van der Waals surface area contributed by atoms with Gasteiger partial charge in [-0.05, 0) is 6.08 Å². The van der Waals surface area contributed by atoms with Crippen LogP contribution in [-0.4, -0.2) is 22.9 Å². The van der Waals surface area contributed by atoms with Gasteiger partial charge in [-0.2, -0.15) is 0 Å². The molecule has 1 N–H and O–H groups in total. The third-order valence-electron chi connectivity index (χ3n) is 2.85. The number of epoxide rings is 1. The summed E-state index contributed by atoms with van der Waals surface area (Å²) < 4.78 is 5.44. The van der Waals surface area contributed by atoms with Gasteiger partial charge in [-0.1, -0.05) is 12.2 Å². The van der Waals surface area contributed by atoms with Crippen molar-refractivity contribution in [3.05, 3.63) is 23.8 Å². The van der Waals surface area contributed by atoms with Gasteiger partial charge in [-0.25, -0.2) is 0 Å². The van der Waals surface area contributed by atoms with Crippen LogP contribution in [-0.2, 0) is 9.53 Å². The molecule has 3 atom stereocenters. The van der Waals surface area contributed by atoms with E-state index in [1.807, 2.05) is 34.5 Å². The number of amides is 1. The fraction of sp³-hybridized carbons (Fsp3) is 0.375. The first kappa shape index (κ1) is 8.05. The molecule has 3 rings (SSSR count). The van der Waals surface area contributed by atoms with E-state index >= 15 is 0 Å². The Morgan fingerprint density at radius 2 is 2.54 bits per heavy atom. The summed E-state index contributed by atoms with van der Waals surface area (Å²) in [5.74, 6) is 0.194. The van der Waals surface area contributed by atoms with Crippen molar-refractivity contribution in [2.75, 3.05) is 0 Å². The van der Waals surface area contributed by atoms with Crippen LogP contribution in [0.3, 0.4) is 0 Å². The monoisotopic (exact) mass is 286 g/mol. The van der Waals surface area contributed by atoms with E-state index in [1.165, 1.54) is 0 Å². The minimum Gasteiger partial charge on any atom is -0.389 e. The lowest BCUT2D eigenvalue weighted by Crippen LogP contribution is -2.40. The number of hydrogen-bond acceptors (Lipinski definition) is 2. The van der Waals surface area contributed by atoms with Crippen LogP contribution in [0.2, 0.25) is 0 Å². The second kappa shape index (κ2) is 2.39. The summed E-state index contributed by atoms with van der Waals surface area (Å²) in [5, 5.41) is 4.28. The smallest absolute Gasteiger partial charge is 0.331 e. The summed E-state index contributed by atoms with van der Waals surface area (Å²) in [5.41, 5.74) is 0.738. The fourth-order valence-corrected chi connectivity index (χ4v) is 2.40. The average molecular weight is 286 g/mol. The zero-order chi connectivity index (χ0) is 9.05. The van der Waals surface area contributed by atoms with E-state index in [0.717, 1.165) is 5.57 Å². The van der Waals surface area contributed by atoms with Crippen LogP contribution >= 0.6 is 22.4 Å². The summed E-state index contributed by atoms with van der Waals surface area (Å²) in [6, 6.07) is 0. The highest BCUT2D eigenvalue weighted by atomic mass is 127. The number of carbonyl (C=O) groups is 1. The molecular formula is C8H6BINO2. The zero-order valence-corrected chi connectivity index (χ0v) is 8.82. The lowest BCUT2D eigenvalue weighted by atomic mass is 9.75. The highest BCUT2D eigenvalue weighted by molar-refractivity contribution is 14.1. The lowest BCUT2D eigenvalue weighted by Gasteiger charge is -2.28. The van der Waals surface area contributed by atoms with Crippen molar-refractivity contribution < 1.29 is 9.53 Å². The van der Waals surface area contributed by atoms with Gasteiger partial charge in [0.2, 0.25) is 5.91 Å². The third-order valence-corrected chi connectivity index (χ3v) is 3.16. The van der Waals surface area contributed by atoms with Gasteiger partial charge in [0.05, 0.1) is 0 Å². The highest BCUT2D eigenvalue weighted by Gasteiger charge is 2.68. The van der Waals surface area contributed by atoms with E-state index in [4.69, 9.17) is 4.74 Å². The summed E-state index contributed by atoms with van der Waals surface area (Å²) in [6.45, 7) is 0. The van der Waals surface area contributed by atoms with Crippen LogP contribution in [0.25, 0.3) is 0 Å². The molecule has 1 heterocycles. The Balaban J connectivity index is 1.82. The lowest BCUT2D eigenvalue weighted by molar-refractivity contribution is -0.116. The van der Waals surface area contributed by atoms with Crippen LogP contribution in [0.5, 0.6) is 0 Å². The van der Waals surface area contributed by atoms with Crippen LogP contribution < -0.4 is 5.23 Å². The zero-order valence-electron chi connectivity index (χ0n) is 6.66. The maximum atomic E-state index is 11.4. The molecule has 0 aromatic carbocycles. The summed E-state index contributed by atoms with van der Waals surface area (Å²) >= 11 is 2.00. The van der Waals surface area contributed by atoms with Gasteiger partial charge >= 0.3 is 5.27 Å². The summed E-state index contributed by atoms with van der Waals surface area (Å²) in [7, 11) is 0. The van der Waals surface area contributed by atoms with Crippen LogP contribution in [0.1, 0.15) is 0 Å². The molecule has 1 fully saturated rings. The molecule has 65 valence electrons. The standard InChI is InChI=1S/C8H6BINO2/c10-9-11-7(12)4-3-8-5(4)1-2-6(8)13-8/h1-3,5-6H,(H,11,12). The maximum absolute atomic E-state index is 11.4. The predicted molar refractivity (Wildman–Crippen MR) is 56.2 cm³/mol. The molecule has 1 saturated heterocycles. The van der Waals surface area contributed by atoms with E-state index in [9.17, 15) is 4.79 Å². The normalized spacial score (nSPS) is 42.7. The molecule has 1 spiro atoms.